The number of hydrogen-bond acceptors (Lipinski definition) is 4. The molecule has 0 aliphatic heterocycles. The molecular formula is C10H7ClN2OS. The Hall–Kier alpha value is -1.39. The zero-order valence-corrected chi connectivity index (χ0v) is 9.18. The van der Waals surface area contributed by atoms with Crippen LogP contribution in [0.1, 0.15) is 0 Å². The van der Waals surface area contributed by atoms with Crippen LogP contribution in [0, 0.1) is 0 Å². The van der Waals surface area contributed by atoms with Crippen molar-refractivity contribution in [1.29, 1.82) is 0 Å². The molecule has 76 valence electrons. The molecule has 15 heavy (non-hydrogen) atoms. The van der Waals surface area contributed by atoms with Crippen LogP contribution in [0.5, 0.6) is 0 Å². The van der Waals surface area contributed by atoms with Crippen LogP contribution in [-0.2, 0) is 0 Å². The summed E-state index contributed by atoms with van der Waals surface area (Å²) in [4.78, 5) is 14.8. The van der Waals surface area contributed by atoms with E-state index in [1.807, 2.05) is 12.1 Å². The van der Waals surface area contributed by atoms with Crippen LogP contribution < -0.4 is 10.9 Å². The van der Waals surface area contributed by atoms with E-state index in [0.717, 1.165) is 5.69 Å². The Morgan fingerprint density at radius 3 is 2.93 bits per heavy atom. The predicted octanol–water partition coefficient (Wildman–Crippen LogP) is 2.90. The van der Waals surface area contributed by atoms with E-state index >= 15 is 0 Å². The van der Waals surface area contributed by atoms with Gasteiger partial charge in [-0.05, 0) is 23.6 Å². The third kappa shape index (κ3) is 2.78. The molecule has 0 aliphatic carbocycles. The molecule has 0 atom stereocenters. The highest BCUT2D eigenvalue weighted by molar-refractivity contribution is 7.13. The van der Waals surface area contributed by atoms with Gasteiger partial charge in [-0.15, -0.1) is 11.3 Å². The lowest BCUT2D eigenvalue weighted by atomic mass is 10.3. The molecular weight excluding hydrogens is 232 g/mol. The molecule has 0 aliphatic rings. The number of rotatable bonds is 2. The molecule has 2 aromatic rings. The lowest BCUT2D eigenvalue weighted by Crippen LogP contribution is -2.04. The van der Waals surface area contributed by atoms with Crippen molar-refractivity contribution >= 4 is 33.8 Å². The molecule has 0 spiro atoms. The van der Waals surface area contributed by atoms with E-state index in [0.29, 0.717) is 10.2 Å². The summed E-state index contributed by atoms with van der Waals surface area (Å²) in [6.45, 7) is 0. The van der Waals surface area contributed by atoms with Crippen LogP contribution >= 0.6 is 22.9 Å². The molecule has 1 heterocycles. The highest BCUT2D eigenvalue weighted by Crippen LogP contribution is 2.19. The second-order valence-corrected chi connectivity index (χ2v) is 4.14. The van der Waals surface area contributed by atoms with Crippen molar-refractivity contribution in [2.45, 2.75) is 0 Å². The molecule has 0 amide bonds. The van der Waals surface area contributed by atoms with E-state index in [4.69, 9.17) is 11.6 Å². The van der Waals surface area contributed by atoms with Gasteiger partial charge in [0.05, 0.1) is 0 Å². The van der Waals surface area contributed by atoms with Gasteiger partial charge in [0.25, 0.3) is 5.56 Å². The summed E-state index contributed by atoms with van der Waals surface area (Å²) in [5.41, 5.74) is 0.565. The van der Waals surface area contributed by atoms with Crippen LogP contribution in [0.2, 0.25) is 5.02 Å². The van der Waals surface area contributed by atoms with E-state index in [9.17, 15) is 4.79 Å². The molecule has 0 bridgehead atoms. The topological polar surface area (TPSA) is 42.0 Å². The van der Waals surface area contributed by atoms with Gasteiger partial charge < -0.3 is 5.32 Å². The van der Waals surface area contributed by atoms with Gasteiger partial charge in [-0.3, -0.25) is 4.79 Å². The molecule has 0 unspecified atom stereocenters. The minimum Gasteiger partial charge on any atom is -0.331 e. The Labute approximate surface area is 95.4 Å². The monoisotopic (exact) mass is 238 g/mol. The van der Waals surface area contributed by atoms with Crippen molar-refractivity contribution < 1.29 is 0 Å². The Bertz CT molecular complexity index is 527. The highest BCUT2D eigenvalue weighted by atomic mass is 35.5. The second-order valence-electron chi connectivity index (χ2n) is 2.81. The van der Waals surface area contributed by atoms with Crippen LogP contribution in [0.15, 0.2) is 40.5 Å². The summed E-state index contributed by atoms with van der Waals surface area (Å²) in [6.07, 6.45) is 0. The predicted molar refractivity (Wildman–Crippen MR) is 63.1 cm³/mol. The smallest absolute Gasteiger partial charge is 0.273 e. The van der Waals surface area contributed by atoms with Crippen molar-refractivity contribution in [2.75, 3.05) is 5.32 Å². The molecule has 0 fully saturated rings. The lowest BCUT2D eigenvalue weighted by Gasteiger charge is -2.03. The van der Waals surface area contributed by atoms with Gasteiger partial charge in [-0.1, -0.05) is 17.7 Å². The molecule has 1 aromatic heterocycles. The Morgan fingerprint density at radius 1 is 1.33 bits per heavy atom. The first-order valence-electron chi connectivity index (χ1n) is 4.22. The Balaban J connectivity index is 2.26. The van der Waals surface area contributed by atoms with Gasteiger partial charge in [0.1, 0.15) is 0 Å². The number of nitrogens with one attached hydrogen (secondary N) is 1. The van der Waals surface area contributed by atoms with Gasteiger partial charge in [-0.2, -0.15) is 4.98 Å². The van der Waals surface area contributed by atoms with Crippen molar-refractivity contribution in [1.82, 2.24) is 4.98 Å². The fourth-order valence-corrected chi connectivity index (χ4v) is 1.89. The number of nitrogens with zero attached hydrogens (tertiary/aromatic N) is 1. The fourth-order valence-electron chi connectivity index (χ4n) is 1.07. The molecule has 5 heteroatoms. The highest BCUT2D eigenvalue weighted by Gasteiger charge is 1.97. The third-order valence-electron chi connectivity index (χ3n) is 1.68. The molecule has 3 nitrogen and oxygen atoms in total. The number of aromatic nitrogens is 1. The maximum absolute atomic E-state index is 11.0. The molecule has 1 aromatic carbocycles. The molecule has 0 saturated carbocycles. The minimum absolute atomic E-state index is 0.252. The van der Waals surface area contributed by atoms with Gasteiger partial charge in [0.15, 0.2) is 5.13 Å². The number of benzene rings is 1. The van der Waals surface area contributed by atoms with E-state index < -0.39 is 0 Å². The second kappa shape index (κ2) is 4.42. The first-order chi connectivity index (χ1) is 7.24. The quantitative estimate of drug-likeness (QED) is 0.875. The maximum Gasteiger partial charge on any atom is 0.273 e. The number of halogens is 1. The minimum atomic E-state index is -0.252. The number of hydrogen-bond donors (Lipinski definition) is 1. The van der Waals surface area contributed by atoms with E-state index in [1.54, 1.807) is 17.5 Å². The van der Waals surface area contributed by atoms with Crippen LogP contribution in [0.25, 0.3) is 0 Å². The van der Waals surface area contributed by atoms with Gasteiger partial charge in [0, 0.05) is 16.8 Å². The maximum atomic E-state index is 11.0. The van der Waals surface area contributed by atoms with E-state index in [1.165, 1.54) is 17.4 Å². The fraction of sp³-hybridized carbons (Fsp3) is 0. The average Bonchev–Trinajstić information content (AvgIpc) is 2.17. The van der Waals surface area contributed by atoms with Crippen molar-refractivity contribution in [3.05, 3.63) is 51.1 Å². The SMILES string of the molecule is O=c1ccsc(Nc2cccc(Cl)c2)n1. The largest absolute Gasteiger partial charge is 0.331 e. The Kier molecular flexibility index (Phi) is 2.99. The third-order valence-corrected chi connectivity index (χ3v) is 2.60. The van der Waals surface area contributed by atoms with Crippen molar-refractivity contribution in [3.8, 4) is 0 Å². The van der Waals surface area contributed by atoms with Gasteiger partial charge in [-0.25, -0.2) is 0 Å². The first-order valence-corrected chi connectivity index (χ1v) is 5.48. The van der Waals surface area contributed by atoms with E-state index in [2.05, 4.69) is 10.3 Å². The summed E-state index contributed by atoms with van der Waals surface area (Å²) in [6, 6.07) is 8.67. The normalized spacial score (nSPS) is 9.93. The molecule has 1 N–H and O–H groups in total. The van der Waals surface area contributed by atoms with Crippen LogP contribution in [-0.4, -0.2) is 4.98 Å². The Morgan fingerprint density at radius 2 is 2.20 bits per heavy atom. The zero-order valence-electron chi connectivity index (χ0n) is 7.61. The first kappa shape index (κ1) is 10.1. The summed E-state index contributed by atoms with van der Waals surface area (Å²) in [5.74, 6) is 0. The van der Waals surface area contributed by atoms with Crippen LogP contribution in [0.3, 0.4) is 0 Å². The molecule has 0 radical (unpaired) electrons. The number of anilines is 2. The van der Waals surface area contributed by atoms with Crippen molar-refractivity contribution in [3.63, 3.8) is 0 Å². The molecule has 2 rings (SSSR count). The zero-order chi connectivity index (χ0) is 10.7. The summed E-state index contributed by atoms with van der Waals surface area (Å²) in [5, 5.41) is 5.91. The lowest BCUT2D eigenvalue weighted by molar-refractivity contribution is 1.27. The van der Waals surface area contributed by atoms with Crippen molar-refractivity contribution in [2.24, 2.45) is 0 Å². The summed E-state index contributed by atoms with van der Waals surface area (Å²) < 4.78 is 0. The van der Waals surface area contributed by atoms with Gasteiger partial charge in [0.2, 0.25) is 0 Å². The van der Waals surface area contributed by atoms with E-state index in [-0.39, 0.29) is 5.56 Å². The summed E-state index contributed by atoms with van der Waals surface area (Å²) >= 11 is 7.19. The molecule has 0 saturated heterocycles. The standard InChI is InChI=1S/C10H7ClN2OS/c11-7-2-1-3-8(6-7)12-10-13-9(14)4-5-15-10/h1-6H,(H,12,13,14). The average molecular weight is 239 g/mol. The van der Waals surface area contributed by atoms with Crippen LogP contribution in [0.4, 0.5) is 10.8 Å². The van der Waals surface area contributed by atoms with Gasteiger partial charge >= 0.3 is 0 Å². The summed E-state index contributed by atoms with van der Waals surface area (Å²) in [7, 11) is 0.